The average Bonchev–Trinajstić information content (AvgIpc) is 2.41. The SMILES string of the molecule is CC(C)(C(=O)NC1CC=CCC1)C1CCCNC1. The lowest BCUT2D eigenvalue weighted by Crippen LogP contribution is -2.50. The van der Waals surface area contributed by atoms with Gasteiger partial charge in [-0.15, -0.1) is 0 Å². The molecule has 1 aliphatic carbocycles. The van der Waals surface area contributed by atoms with E-state index < -0.39 is 0 Å². The van der Waals surface area contributed by atoms with E-state index in [4.69, 9.17) is 0 Å². The van der Waals surface area contributed by atoms with Gasteiger partial charge in [-0.3, -0.25) is 4.79 Å². The third-order valence-electron chi connectivity index (χ3n) is 4.51. The predicted molar refractivity (Wildman–Crippen MR) is 74.3 cm³/mol. The number of carbonyl (C=O) groups is 1. The van der Waals surface area contributed by atoms with Crippen molar-refractivity contribution in [3.8, 4) is 0 Å². The van der Waals surface area contributed by atoms with E-state index in [2.05, 4.69) is 36.6 Å². The maximum absolute atomic E-state index is 12.5. The van der Waals surface area contributed by atoms with Gasteiger partial charge in [0, 0.05) is 11.5 Å². The topological polar surface area (TPSA) is 41.1 Å². The van der Waals surface area contributed by atoms with Crippen LogP contribution in [0, 0.1) is 11.3 Å². The second-order valence-corrected chi connectivity index (χ2v) is 6.22. The number of amides is 1. The minimum atomic E-state index is -0.255. The second-order valence-electron chi connectivity index (χ2n) is 6.22. The molecule has 1 saturated heterocycles. The first-order valence-corrected chi connectivity index (χ1v) is 7.27. The van der Waals surface area contributed by atoms with Crippen LogP contribution in [0.1, 0.15) is 46.0 Å². The lowest BCUT2D eigenvalue weighted by molar-refractivity contribution is -0.133. The van der Waals surface area contributed by atoms with E-state index in [1.807, 2.05) is 0 Å². The van der Waals surface area contributed by atoms with Crippen molar-refractivity contribution in [2.75, 3.05) is 13.1 Å². The van der Waals surface area contributed by atoms with Crippen molar-refractivity contribution in [1.82, 2.24) is 10.6 Å². The third kappa shape index (κ3) is 3.14. The molecular weight excluding hydrogens is 224 g/mol. The summed E-state index contributed by atoms with van der Waals surface area (Å²) in [6, 6.07) is 0.346. The number of allylic oxidation sites excluding steroid dienone is 1. The Kier molecular flexibility index (Phi) is 4.44. The number of piperidine rings is 1. The van der Waals surface area contributed by atoms with E-state index in [1.54, 1.807) is 0 Å². The zero-order chi connectivity index (χ0) is 13.0. The largest absolute Gasteiger partial charge is 0.353 e. The van der Waals surface area contributed by atoms with Crippen molar-refractivity contribution in [1.29, 1.82) is 0 Å². The molecule has 2 unspecified atom stereocenters. The Labute approximate surface area is 110 Å². The Balaban J connectivity index is 1.91. The van der Waals surface area contributed by atoms with Gasteiger partial charge in [-0.1, -0.05) is 26.0 Å². The van der Waals surface area contributed by atoms with Gasteiger partial charge in [0.15, 0.2) is 0 Å². The fourth-order valence-corrected chi connectivity index (χ4v) is 2.95. The Bertz CT molecular complexity index is 316. The lowest BCUT2D eigenvalue weighted by Gasteiger charge is -2.37. The quantitative estimate of drug-likeness (QED) is 0.754. The molecule has 0 radical (unpaired) electrons. The van der Waals surface area contributed by atoms with Crippen molar-refractivity contribution in [3.05, 3.63) is 12.2 Å². The molecule has 0 bridgehead atoms. The third-order valence-corrected chi connectivity index (χ3v) is 4.51. The van der Waals surface area contributed by atoms with Gasteiger partial charge in [0.1, 0.15) is 0 Å². The van der Waals surface area contributed by atoms with Gasteiger partial charge in [0.2, 0.25) is 5.91 Å². The van der Waals surface area contributed by atoms with Crippen LogP contribution >= 0.6 is 0 Å². The summed E-state index contributed by atoms with van der Waals surface area (Å²) in [5.74, 6) is 0.696. The standard InChI is InChI=1S/C15H26N2O/c1-15(2,12-7-6-10-16-11-12)14(18)17-13-8-4-3-5-9-13/h3-4,12-13,16H,5-11H2,1-2H3,(H,17,18). The van der Waals surface area contributed by atoms with E-state index in [9.17, 15) is 4.79 Å². The smallest absolute Gasteiger partial charge is 0.226 e. The number of carbonyl (C=O) groups excluding carboxylic acids is 1. The summed E-state index contributed by atoms with van der Waals surface area (Å²) in [6.07, 6.45) is 9.91. The fourth-order valence-electron chi connectivity index (χ4n) is 2.95. The molecule has 0 aromatic rings. The van der Waals surface area contributed by atoms with Gasteiger partial charge >= 0.3 is 0 Å². The second kappa shape index (κ2) is 5.87. The van der Waals surface area contributed by atoms with Crippen molar-refractivity contribution in [2.45, 2.75) is 52.0 Å². The number of hydrogen-bond donors (Lipinski definition) is 2. The normalized spacial score (nSPS) is 29.0. The number of rotatable bonds is 3. The lowest BCUT2D eigenvalue weighted by atomic mass is 9.74. The molecule has 0 spiro atoms. The molecule has 2 atom stereocenters. The molecule has 0 aromatic carbocycles. The summed E-state index contributed by atoms with van der Waals surface area (Å²) in [5, 5.41) is 6.65. The van der Waals surface area contributed by atoms with Crippen LogP contribution in [0.2, 0.25) is 0 Å². The molecule has 1 aliphatic heterocycles. The summed E-state index contributed by atoms with van der Waals surface area (Å²) in [7, 11) is 0. The van der Waals surface area contributed by atoms with Crippen LogP contribution in [0.25, 0.3) is 0 Å². The molecular formula is C15H26N2O. The van der Waals surface area contributed by atoms with Crippen molar-refractivity contribution in [3.63, 3.8) is 0 Å². The van der Waals surface area contributed by atoms with Crippen molar-refractivity contribution in [2.24, 2.45) is 11.3 Å². The summed E-state index contributed by atoms with van der Waals surface area (Å²) >= 11 is 0. The maximum atomic E-state index is 12.5. The van der Waals surface area contributed by atoms with E-state index in [0.29, 0.717) is 12.0 Å². The maximum Gasteiger partial charge on any atom is 0.226 e. The van der Waals surface area contributed by atoms with Gasteiger partial charge in [0.25, 0.3) is 0 Å². The van der Waals surface area contributed by atoms with Gasteiger partial charge in [-0.2, -0.15) is 0 Å². The zero-order valence-electron chi connectivity index (χ0n) is 11.7. The summed E-state index contributed by atoms with van der Waals surface area (Å²) < 4.78 is 0. The van der Waals surface area contributed by atoms with Crippen LogP contribution in [-0.4, -0.2) is 25.0 Å². The summed E-state index contributed by atoms with van der Waals surface area (Å²) in [6.45, 7) is 6.27. The molecule has 18 heavy (non-hydrogen) atoms. The highest BCUT2D eigenvalue weighted by Crippen LogP contribution is 2.32. The first-order chi connectivity index (χ1) is 8.60. The van der Waals surface area contributed by atoms with E-state index in [-0.39, 0.29) is 11.3 Å². The van der Waals surface area contributed by atoms with Crippen LogP contribution in [0.3, 0.4) is 0 Å². The summed E-state index contributed by atoms with van der Waals surface area (Å²) in [5.41, 5.74) is -0.255. The van der Waals surface area contributed by atoms with E-state index in [1.165, 1.54) is 6.42 Å². The Morgan fingerprint density at radius 3 is 2.78 bits per heavy atom. The first kappa shape index (κ1) is 13.6. The molecule has 2 aliphatic rings. The van der Waals surface area contributed by atoms with Crippen LogP contribution in [0.5, 0.6) is 0 Å². The van der Waals surface area contributed by atoms with Gasteiger partial charge in [0.05, 0.1) is 0 Å². The molecule has 0 saturated carbocycles. The monoisotopic (exact) mass is 250 g/mol. The van der Waals surface area contributed by atoms with Gasteiger partial charge in [-0.25, -0.2) is 0 Å². The first-order valence-electron chi connectivity index (χ1n) is 7.27. The highest BCUT2D eigenvalue weighted by Gasteiger charge is 2.37. The highest BCUT2D eigenvalue weighted by atomic mass is 16.2. The van der Waals surface area contributed by atoms with Crippen LogP contribution in [-0.2, 0) is 4.79 Å². The van der Waals surface area contributed by atoms with Crippen molar-refractivity contribution < 1.29 is 4.79 Å². The van der Waals surface area contributed by atoms with Crippen LogP contribution < -0.4 is 10.6 Å². The molecule has 3 nitrogen and oxygen atoms in total. The average molecular weight is 250 g/mol. The molecule has 1 amide bonds. The minimum Gasteiger partial charge on any atom is -0.353 e. The summed E-state index contributed by atoms with van der Waals surface area (Å²) in [4.78, 5) is 12.5. The molecule has 2 N–H and O–H groups in total. The Morgan fingerprint density at radius 1 is 1.33 bits per heavy atom. The zero-order valence-corrected chi connectivity index (χ0v) is 11.7. The molecule has 2 rings (SSSR count). The Morgan fingerprint density at radius 2 is 2.17 bits per heavy atom. The molecule has 0 aromatic heterocycles. The number of hydrogen-bond acceptors (Lipinski definition) is 2. The van der Waals surface area contributed by atoms with E-state index >= 15 is 0 Å². The molecule has 1 fully saturated rings. The molecule has 102 valence electrons. The Hall–Kier alpha value is -0.830. The van der Waals surface area contributed by atoms with Crippen LogP contribution in [0.4, 0.5) is 0 Å². The number of nitrogens with one attached hydrogen (secondary N) is 2. The van der Waals surface area contributed by atoms with Crippen LogP contribution in [0.15, 0.2) is 12.2 Å². The molecule has 1 heterocycles. The predicted octanol–water partition coefficient (Wildman–Crippen LogP) is 2.24. The van der Waals surface area contributed by atoms with Gasteiger partial charge in [-0.05, 0) is 51.1 Å². The fraction of sp³-hybridized carbons (Fsp3) is 0.800. The minimum absolute atomic E-state index is 0.233. The van der Waals surface area contributed by atoms with E-state index in [0.717, 1.165) is 38.8 Å². The molecule has 3 heteroatoms. The highest BCUT2D eigenvalue weighted by molar-refractivity contribution is 5.82. The van der Waals surface area contributed by atoms with Crippen molar-refractivity contribution >= 4 is 5.91 Å². The van der Waals surface area contributed by atoms with Gasteiger partial charge < -0.3 is 10.6 Å².